The predicted molar refractivity (Wildman–Crippen MR) is 130 cm³/mol. The summed E-state index contributed by atoms with van der Waals surface area (Å²) >= 11 is 6.04. The summed E-state index contributed by atoms with van der Waals surface area (Å²) in [7, 11) is 2.76. The fourth-order valence-corrected chi connectivity index (χ4v) is 5.03. The first-order chi connectivity index (χ1) is 16.7. The molecule has 182 valence electrons. The maximum absolute atomic E-state index is 13.6. The first-order valence-corrected chi connectivity index (χ1v) is 11.5. The number of carbonyl (C=O) groups excluding carboxylic acids is 3. The number of hydrogen-bond donors (Lipinski definition) is 1. The van der Waals surface area contributed by atoms with Gasteiger partial charge in [-0.2, -0.15) is 0 Å². The lowest BCUT2D eigenvalue weighted by atomic mass is 9.69. The molecule has 2 aliphatic rings. The Morgan fingerprint density at radius 2 is 1.71 bits per heavy atom. The highest BCUT2D eigenvalue weighted by molar-refractivity contribution is 6.30. The Labute approximate surface area is 208 Å². The van der Waals surface area contributed by atoms with Crippen molar-refractivity contribution >= 4 is 29.3 Å². The second kappa shape index (κ2) is 9.96. The molecule has 0 bridgehead atoms. The summed E-state index contributed by atoms with van der Waals surface area (Å²) in [6.45, 7) is 5.39. The van der Waals surface area contributed by atoms with Crippen molar-refractivity contribution in [3.8, 4) is 11.5 Å². The van der Waals surface area contributed by atoms with Crippen LogP contribution in [-0.2, 0) is 19.1 Å². The molecule has 0 amide bonds. The van der Waals surface area contributed by atoms with Crippen LogP contribution in [0.4, 0.5) is 0 Å². The lowest BCUT2D eigenvalue weighted by molar-refractivity contribution is -0.144. The predicted octanol–water partition coefficient (Wildman–Crippen LogP) is 4.66. The molecule has 2 aromatic carbocycles. The van der Waals surface area contributed by atoms with Crippen LogP contribution in [0, 0.1) is 5.92 Å². The second-order valence-electron chi connectivity index (χ2n) is 8.60. The third-order valence-corrected chi connectivity index (χ3v) is 6.69. The van der Waals surface area contributed by atoms with Gasteiger partial charge in [0.05, 0.1) is 14.2 Å². The second-order valence-corrected chi connectivity index (χ2v) is 9.04. The lowest BCUT2D eigenvalue weighted by Crippen LogP contribution is -2.42. The summed E-state index contributed by atoms with van der Waals surface area (Å²) in [5, 5.41) is 3.86. The van der Waals surface area contributed by atoms with Crippen LogP contribution in [0.25, 0.3) is 0 Å². The summed E-state index contributed by atoms with van der Waals surface area (Å²) in [5.41, 5.74) is 3.38. The molecule has 7 nitrogen and oxygen atoms in total. The molecule has 1 N–H and O–H groups in total. The molecule has 8 heteroatoms. The Kier molecular flexibility index (Phi) is 6.98. The number of rotatable bonds is 5. The van der Waals surface area contributed by atoms with Gasteiger partial charge in [0, 0.05) is 41.3 Å². The number of methoxy groups -OCH3 is 2. The molecule has 0 saturated carbocycles. The van der Waals surface area contributed by atoms with E-state index in [0.29, 0.717) is 40.4 Å². The molecular formula is C27H26ClNO6. The van der Waals surface area contributed by atoms with Crippen molar-refractivity contribution in [3.63, 3.8) is 0 Å². The summed E-state index contributed by atoms with van der Waals surface area (Å²) in [4.78, 5) is 37.9. The van der Waals surface area contributed by atoms with Crippen LogP contribution in [0.15, 0.2) is 66.0 Å². The molecule has 35 heavy (non-hydrogen) atoms. The average Bonchev–Trinajstić information content (AvgIpc) is 2.83. The van der Waals surface area contributed by atoms with E-state index in [1.807, 2.05) is 24.3 Å². The lowest BCUT2D eigenvalue weighted by Gasteiger charge is -2.40. The zero-order valence-electron chi connectivity index (χ0n) is 19.7. The number of halogens is 1. The summed E-state index contributed by atoms with van der Waals surface area (Å²) in [6.07, 6.45) is 0.871. The van der Waals surface area contributed by atoms with Crippen LogP contribution in [0.5, 0.6) is 11.5 Å². The van der Waals surface area contributed by atoms with Crippen molar-refractivity contribution in [1.29, 1.82) is 0 Å². The van der Waals surface area contributed by atoms with Crippen molar-refractivity contribution in [2.75, 3.05) is 14.2 Å². The average molecular weight is 496 g/mol. The molecule has 0 fully saturated rings. The van der Waals surface area contributed by atoms with E-state index in [4.69, 9.17) is 25.8 Å². The number of Topliss-reactive ketones (excluding diaryl/α,β-unsaturated/α-hetero) is 1. The van der Waals surface area contributed by atoms with Crippen LogP contribution >= 0.6 is 11.6 Å². The molecule has 1 aliphatic heterocycles. The fraction of sp³-hybridized carbons (Fsp3) is 0.296. The molecule has 1 heterocycles. The number of benzene rings is 2. The van der Waals surface area contributed by atoms with Gasteiger partial charge in [-0.3, -0.25) is 14.4 Å². The molecule has 0 saturated heterocycles. The highest BCUT2D eigenvalue weighted by atomic mass is 35.5. The van der Waals surface area contributed by atoms with E-state index >= 15 is 0 Å². The number of esters is 2. The molecule has 4 rings (SSSR count). The van der Waals surface area contributed by atoms with Crippen molar-refractivity contribution in [3.05, 3.63) is 82.2 Å². The molecular weight excluding hydrogens is 470 g/mol. The van der Waals surface area contributed by atoms with Crippen LogP contribution in [0.2, 0.25) is 5.02 Å². The molecule has 1 aliphatic carbocycles. The van der Waals surface area contributed by atoms with Gasteiger partial charge in [0.1, 0.15) is 5.92 Å². The normalized spacial score (nSPS) is 21.7. The number of ether oxygens (including phenoxy) is 3. The monoisotopic (exact) mass is 495 g/mol. The Morgan fingerprint density at radius 1 is 1.03 bits per heavy atom. The quantitative estimate of drug-likeness (QED) is 0.476. The largest absolute Gasteiger partial charge is 0.493 e. The smallest absolute Gasteiger partial charge is 0.315 e. The Balaban J connectivity index is 1.81. The minimum absolute atomic E-state index is 0.0324. The fourth-order valence-electron chi connectivity index (χ4n) is 4.90. The van der Waals surface area contributed by atoms with Crippen molar-refractivity contribution in [2.45, 2.75) is 31.6 Å². The maximum atomic E-state index is 13.6. The summed E-state index contributed by atoms with van der Waals surface area (Å²) < 4.78 is 15.7. The number of allylic oxidation sites excluding steroid dienone is 2. The van der Waals surface area contributed by atoms with Gasteiger partial charge in [0.25, 0.3) is 0 Å². The minimum atomic E-state index is -0.820. The number of nitrogens with one attached hydrogen (secondary N) is 1. The van der Waals surface area contributed by atoms with Crippen molar-refractivity contribution in [1.82, 2.24) is 5.32 Å². The Morgan fingerprint density at radius 3 is 2.34 bits per heavy atom. The maximum Gasteiger partial charge on any atom is 0.315 e. The van der Waals surface area contributed by atoms with E-state index in [-0.39, 0.29) is 17.5 Å². The molecule has 3 unspecified atom stereocenters. The molecule has 0 radical (unpaired) electrons. The third-order valence-electron chi connectivity index (χ3n) is 6.44. The minimum Gasteiger partial charge on any atom is -0.493 e. The van der Waals surface area contributed by atoms with E-state index in [9.17, 15) is 14.4 Å². The first-order valence-electron chi connectivity index (χ1n) is 11.1. The van der Waals surface area contributed by atoms with Gasteiger partial charge in [0.15, 0.2) is 17.3 Å². The van der Waals surface area contributed by atoms with E-state index in [1.165, 1.54) is 21.1 Å². The van der Waals surface area contributed by atoms with Crippen molar-refractivity contribution < 1.29 is 28.6 Å². The SMILES string of the molecule is C=C1NC2=C(C(=O)CC(c3ccc(Cl)cc3)C2)C(c2ccc(OC(C)=O)c(OC)c2)C1C(=O)OC. The van der Waals surface area contributed by atoms with Crippen molar-refractivity contribution in [2.24, 2.45) is 5.92 Å². The molecule has 3 atom stereocenters. The molecule has 2 aromatic rings. The van der Waals surface area contributed by atoms with E-state index in [0.717, 1.165) is 11.3 Å². The van der Waals surface area contributed by atoms with Crippen LogP contribution in [0.3, 0.4) is 0 Å². The number of ketones is 1. The van der Waals surface area contributed by atoms with Gasteiger partial charge in [-0.25, -0.2) is 0 Å². The molecule has 0 spiro atoms. The van der Waals surface area contributed by atoms with Gasteiger partial charge in [-0.15, -0.1) is 0 Å². The van der Waals surface area contributed by atoms with E-state index < -0.39 is 23.8 Å². The van der Waals surface area contributed by atoms with Gasteiger partial charge >= 0.3 is 11.9 Å². The third kappa shape index (κ3) is 4.82. The van der Waals surface area contributed by atoms with Gasteiger partial charge in [-0.05, 0) is 47.7 Å². The first kappa shape index (κ1) is 24.5. The van der Waals surface area contributed by atoms with Gasteiger partial charge < -0.3 is 19.5 Å². The zero-order valence-corrected chi connectivity index (χ0v) is 20.5. The number of hydrogen-bond acceptors (Lipinski definition) is 7. The van der Waals surface area contributed by atoms with E-state index in [2.05, 4.69) is 11.9 Å². The highest BCUT2D eigenvalue weighted by Crippen LogP contribution is 2.48. The Bertz CT molecular complexity index is 1230. The highest BCUT2D eigenvalue weighted by Gasteiger charge is 2.45. The van der Waals surface area contributed by atoms with Crippen LogP contribution in [-0.4, -0.2) is 31.9 Å². The standard InChI is InChI=1S/C27H26ClNO6/c1-14-24(27(32)34-4)25(17-7-10-22(35-15(2)30)23(13-17)33-3)26-20(29-14)11-18(12-21(26)31)16-5-8-19(28)9-6-16/h5-10,13,18,24-25,29H,1,11-12H2,2-4H3. The van der Waals surface area contributed by atoms with Crippen LogP contribution in [0.1, 0.15) is 42.7 Å². The zero-order chi connectivity index (χ0) is 25.3. The topological polar surface area (TPSA) is 90.9 Å². The molecule has 0 aromatic heterocycles. The summed E-state index contributed by atoms with van der Waals surface area (Å²) in [6, 6.07) is 12.5. The number of carbonyl (C=O) groups is 3. The van der Waals surface area contributed by atoms with Crippen LogP contribution < -0.4 is 14.8 Å². The van der Waals surface area contributed by atoms with E-state index in [1.54, 1.807) is 18.2 Å². The Hall–Kier alpha value is -3.58. The van der Waals surface area contributed by atoms with Gasteiger partial charge in [-0.1, -0.05) is 36.4 Å². The summed E-state index contributed by atoms with van der Waals surface area (Å²) in [5.74, 6) is -1.98. The van der Waals surface area contributed by atoms with Gasteiger partial charge in [0.2, 0.25) is 0 Å².